The van der Waals surface area contributed by atoms with Crippen molar-refractivity contribution in [1.82, 2.24) is 25.1 Å². The molecule has 3 heterocycles. The van der Waals surface area contributed by atoms with Gasteiger partial charge in [-0.3, -0.25) is 4.79 Å². The van der Waals surface area contributed by atoms with E-state index in [1.54, 1.807) is 11.8 Å². The number of anilines is 1. The summed E-state index contributed by atoms with van der Waals surface area (Å²) in [5.41, 5.74) is 2.04. The zero-order chi connectivity index (χ0) is 21.5. The zero-order valence-corrected chi connectivity index (χ0v) is 18.9. The summed E-state index contributed by atoms with van der Waals surface area (Å²) in [6.45, 7) is 5.36. The maximum atomic E-state index is 12.2. The van der Waals surface area contributed by atoms with Gasteiger partial charge < -0.3 is 10.2 Å². The molecule has 0 bridgehead atoms. The number of carbonyl (C=O) groups excluding carboxylic acids is 1. The lowest BCUT2D eigenvalue weighted by molar-refractivity contribution is -0.121. The Labute approximate surface area is 187 Å². The van der Waals surface area contributed by atoms with Crippen LogP contribution in [0.25, 0.3) is 11.0 Å². The molecule has 1 amide bonds. The standard InChI is InChI=1S/C23H30N6OS/c1-2-16-31-23-26-21(28-13-6-7-14-28)19-17-25-29(22(19)27-23)15-12-24-20(30)11-10-18-8-4-3-5-9-18/h3-5,8-9,17H,2,6-7,10-16H2,1H3,(H,24,30). The van der Waals surface area contributed by atoms with Crippen LogP contribution < -0.4 is 10.2 Å². The first kappa shape index (κ1) is 21.6. The van der Waals surface area contributed by atoms with Crippen molar-refractivity contribution in [3.8, 4) is 0 Å². The number of carbonyl (C=O) groups is 1. The van der Waals surface area contributed by atoms with Crippen molar-refractivity contribution in [2.24, 2.45) is 0 Å². The van der Waals surface area contributed by atoms with Gasteiger partial charge in [-0.1, -0.05) is 49.0 Å². The fourth-order valence-electron chi connectivity index (χ4n) is 3.80. The molecule has 0 unspecified atom stereocenters. The Bertz CT molecular complexity index is 1000. The molecular formula is C23H30N6OS. The third kappa shape index (κ3) is 5.55. The summed E-state index contributed by atoms with van der Waals surface area (Å²) in [7, 11) is 0. The Balaban J connectivity index is 1.41. The predicted molar refractivity (Wildman–Crippen MR) is 126 cm³/mol. The van der Waals surface area contributed by atoms with Gasteiger partial charge >= 0.3 is 0 Å². The first-order chi connectivity index (χ1) is 15.2. The number of aromatic nitrogens is 4. The topological polar surface area (TPSA) is 75.9 Å². The summed E-state index contributed by atoms with van der Waals surface area (Å²) in [5.74, 6) is 2.06. The van der Waals surface area contributed by atoms with Crippen molar-refractivity contribution < 1.29 is 4.79 Å². The molecule has 3 aromatic rings. The molecule has 1 N–H and O–H groups in total. The van der Waals surface area contributed by atoms with Crippen molar-refractivity contribution in [2.45, 2.75) is 50.7 Å². The number of amides is 1. The van der Waals surface area contributed by atoms with Gasteiger partial charge in [0.25, 0.3) is 0 Å². The van der Waals surface area contributed by atoms with Crippen LogP contribution in [0.3, 0.4) is 0 Å². The van der Waals surface area contributed by atoms with Gasteiger partial charge in [-0.25, -0.2) is 14.6 Å². The van der Waals surface area contributed by atoms with Gasteiger partial charge in [-0.2, -0.15) is 5.10 Å². The molecule has 1 aliphatic heterocycles. The summed E-state index contributed by atoms with van der Waals surface area (Å²) in [5, 5.41) is 9.39. The molecule has 2 aromatic heterocycles. The highest BCUT2D eigenvalue weighted by molar-refractivity contribution is 7.99. The summed E-state index contributed by atoms with van der Waals surface area (Å²) in [6.07, 6.45) is 6.59. The van der Waals surface area contributed by atoms with Crippen LogP contribution in [-0.4, -0.2) is 51.0 Å². The first-order valence-electron chi connectivity index (χ1n) is 11.2. The molecule has 1 saturated heterocycles. The number of nitrogens with one attached hydrogen (secondary N) is 1. The van der Waals surface area contributed by atoms with Crippen molar-refractivity contribution >= 4 is 34.5 Å². The molecule has 8 heteroatoms. The second kappa shape index (κ2) is 10.6. The molecule has 1 aromatic carbocycles. The van der Waals surface area contributed by atoms with Crippen LogP contribution in [0, 0.1) is 0 Å². The van der Waals surface area contributed by atoms with Crippen LogP contribution in [0.15, 0.2) is 41.7 Å². The molecule has 0 spiro atoms. The summed E-state index contributed by atoms with van der Waals surface area (Å²) >= 11 is 1.69. The number of aryl methyl sites for hydroxylation is 1. The van der Waals surface area contributed by atoms with Crippen LogP contribution >= 0.6 is 11.8 Å². The minimum atomic E-state index is 0.0619. The number of rotatable bonds is 10. The highest BCUT2D eigenvalue weighted by atomic mass is 32.2. The van der Waals surface area contributed by atoms with Gasteiger partial charge in [-0.05, 0) is 31.2 Å². The number of fused-ring (bicyclic) bond motifs is 1. The van der Waals surface area contributed by atoms with E-state index < -0.39 is 0 Å². The van der Waals surface area contributed by atoms with E-state index in [1.165, 1.54) is 18.4 Å². The third-order valence-corrected chi connectivity index (χ3v) is 6.48. The van der Waals surface area contributed by atoms with Crippen molar-refractivity contribution in [1.29, 1.82) is 0 Å². The number of nitrogens with zero attached hydrogens (tertiary/aromatic N) is 5. The van der Waals surface area contributed by atoms with Crippen LogP contribution in [0.1, 0.15) is 38.2 Å². The minimum Gasteiger partial charge on any atom is -0.356 e. The maximum absolute atomic E-state index is 12.2. The molecule has 7 nitrogen and oxygen atoms in total. The van der Waals surface area contributed by atoms with Gasteiger partial charge in [0.1, 0.15) is 5.82 Å². The van der Waals surface area contributed by atoms with E-state index in [4.69, 9.17) is 9.97 Å². The monoisotopic (exact) mass is 438 g/mol. The van der Waals surface area contributed by atoms with Crippen LogP contribution in [0.5, 0.6) is 0 Å². The molecule has 0 saturated carbocycles. The van der Waals surface area contributed by atoms with Gasteiger partial charge in [0.15, 0.2) is 10.8 Å². The smallest absolute Gasteiger partial charge is 0.220 e. The first-order valence-corrected chi connectivity index (χ1v) is 12.1. The highest BCUT2D eigenvalue weighted by Crippen LogP contribution is 2.29. The van der Waals surface area contributed by atoms with Gasteiger partial charge in [0, 0.05) is 31.8 Å². The Hall–Kier alpha value is -2.61. The number of hydrogen-bond donors (Lipinski definition) is 1. The highest BCUT2D eigenvalue weighted by Gasteiger charge is 2.20. The fourth-order valence-corrected chi connectivity index (χ4v) is 4.49. The second-order valence-corrected chi connectivity index (χ2v) is 8.88. The van der Waals surface area contributed by atoms with Crippen LogP contribution in [0.2, 0.25) is 0 Å². The summed E-state index contributed by atoms with van der Waals surface area (Å²) < 4.78 is 1.89. The summed E-state index contributed by atoms with van der Waals surface area (Å²) in [6, 6.07) is 10.1. The van der Waals surface area contributed by atoms with Crippen molar-refractivity contribution in [2.75, 3.05) is 30.3 Å². The van der Waals surface area contributed by atoms with E-state index >= 15 is 0 Å². The molecule has 0 aliphatic carbocycles. The number of thioether (sulfide) groups is 1. The van der Waals surface area contributed by atoms with Crippen LogP contribution in [0.4, 0.5) is 5.82 Å². The van der Waals surface area contributed by atoms with E-state index in [1.807, 2.05) is 29.1 Å². The van der Waals surface area contributed by atoms with E-state index in [0.29, 0.717) is 19.5 Å². The van der Waals surface area contributed by atoms with Crippen molar-refractivity contribution in [3.63, 3.8) is 0 Å². The lowest BCUT2D eigenvalue weighted by atomic mass is 10.1. The lowest BCUT2D eigenvalue weighted by Crippen LogP contribution is -2.27. The van der Waals surface area contributed by atoms with E-state index in [-0.39, 0.29) is 5.91 Å². The van der Waals surface area contributed by atoms with Crippen LogP contribution in [-0.2, 0) is 17.8 Å². The van der Waals surface area contributed by atoms with Crippen molar-refractivity contribution in [3.05, 3.63) is 42.1 Å². The van der Waals surface area contributed by atoms with Gasteiger partial charge in [0.2, 0.25) is 5.91 Å². The van der Waals surface area contributed by atoms with E-state index in [0.717, 1.165) is 53.7 Å². The van der Waals surface area contributed by atoms with E-state index in [9.17, 15) is 4.79 Å². The normalized spacial score (nSPS) is 13.8. The van der Waals surface area contributed by atoms with E-state index in [2.05, 4.69) is 34.4 Å². The predicted octanol–water partition coefficient (Wildman–Crippen LogP) is 3.68. The molecular weight excluding hydrogens is 408 g/mol. The summed E-state index contributed by atoms with van der Waals surface area (Å²) in [4.78, 5) is 24.2. The average molecular weight is 439 g/mol. The number of benzene rings is 1. The Morgan fingerprint density at radius 1 is 1.16 bits per heavy atom. The average Bonchev–Trinajstić information content (AvgIpc) is 3.47. The Morgan fingerprint density at radius 2 is 1.97 bits per heavy atom. The molecule has 31 heavy (non-hydrogen) atoms. The molecule has 0 atom stereocenters. The molecule has 0 radical (unpaired) electrons. The maximum Gasteiger partial charge on any atom is 0.220 e. The Kier molecular flexibility index (Phi) is 7.40. The molecule has 1 fully saturated rings. The van der Waals surface area contributed by atoms with Gasteiger partial charge in [0.05, 0.1) is 18.1 Å². The zero-order valence-electron chi connectivity index (χ0n) is 18.1. The largest absolute Gasteiger partial charge is 0.356 e. The minimum absolute atomic E-state index is 0.0619. The van der Waals surface area contributed by atoms with Gasteiger partial charge in [-0.15, -0.1) is 0 Å². The lowest BCUT2D eigenvalue weighted by Gasteiger charge is -2.18. The molecule has 164 valence electrons. The Morgan fingerprint density at radius 3 is 2.74 bits per heavy atom. The third-order valence-electron chi connectivity index (χ3n) is 5.43. The quantitative estimate of drug-likeness (QED) is 0.384. The fraction of sp³-hybridized carbons (Fsp3) is 0.478. The molecule has 4 rings (SSSR count). The molecule has 1 aliphatic rings. The SMILES string of the molecule is CCCSc1nc(N2CCCC2)c2cnn(CCNC(=O)CCc3ccccc3)c2n1. The number of hydrogen-bond acceptors (Lipinski definition) is 6. The second-order valence-electron chi connectivity index (χ2n) is 7.81.